The van der Waals surface area contributed by atoms with Crippen LogP contribution in [0.1, 0.15) is 64.3 Å². The molecule has 1 aliphatic rings. The summed E-state index contributed by atoms with van der Waals surface area (Å²) in [4.78, 5) is 4.55. The molecule has 1 aliphatic carbocycles. The molecular weight excluding hydrogens is 266 g/mol. The fourth-order valence-corrected chi connectivity index (χ4v) is 3.36. The fourth-order valence-electron chi connectivity index (χ4n) is 3.36. The highest BCUT2D eigenvalue weighted by Crippen LogP contribution is 2.29. The van der Waals surface area contributed by atoms with Gasteiger partial charge in [0.1, 0.15) is 6.10 Å². The summed E-state index contributed by atoms with van der Waals surface area (Å²) in [5.74, 6) is 2.47. The summed E-state index contributed by atoms with van der Waals surface area (Å²) in [7, 11) is 1.70. The van der Waals surface area contributed by atoms with Crippen LogP contribution in [0.25, 0.3) is 0 Å². The summed E-state index contributed by atoms with van der Waals surface area (Å²) in [6.07, 6.45) is 6.05. The molecule has 0 saturated heterocycles. The highest BCUT2D eigenvalue weighted by atomic mass is 16.5. The van der Waals surface area contributed by atoms with Crippen molar-refractivity contribution >= 4 is 0 Å². The van der Waals surface area contributed by atoms with Crippen LogP contribution in [0.5, 0.6) is 0 Å². The lowest BCUT2D eigenvalue weighted by molar-refractivity contribution is 0.0555. The summed E-state index contributed by atoms with van der Waals surface area (Å²) in [6.45, 7) is 7.34. The van der Waals surface area contributed by atoms with Gasteiger partial charge in [-0.1, -0.05) is 38.8 Å². The largest absolute Gasteiger partial charge is 0.373 e. The lowest BCUT2D eigenvalue weighted by Crippen LogP contribution is -2.37. The maximum Gasteiger partial charge on any atom is 0.228 e. The van der Waals surface area contributed by atoms with Gasteiger partial charge < -0.3 is 14.6 Å². The Balaban J connectivity index is 2.02. The molecule has 0 aliphatic heterocycles. The third-order valence-electron chi connectivity index (χ3n) is 4.43. The highest BCUT2D eigenvalue weighted by molar-refractivity contribution is 4.96. The third-order valence-corrected chi connectivity index (χ3v) is 4.43. The SMILES string of the molecule is CCNC(Cc1nc(C(OC)C(C)C)no1)C1CCCC1. The number of nitrogens with zero attached hydrogens (tertiary/aromatic N) is 2. The molecule has 0 amide bonds. The highest BCUT2D eigenvalue weighted by Gasteiger charge is 2.27. The molecule has 0 radical (unpaired) electrons. The Bertz CT molecular complexity index is 413. The zero-order valence-corrected chi connectivity index (χ0v) is 13.8. The first kappa shape index (κ1) is 16.4. The minimum absolute atomic E-state index is 0.0911. The number of aromatic nitrogens is 2. The zero-order chi connectivity index (χ0) is 15.2. The lowest BCUT2D eigenvalue weighted by Gasteiger charge is -2.22. The summed E-state index contributed by atoms with van der Waals surface area (Å²) >= 11 is 0. The second-order valence-electron chi connectivity index (χ2n) is 6.36. The molecule has 1 fully saturated rings. The van der Waals surface area contributed by atoms with Gasteiger partial charge in [0.05, 0.1) is 0 Å². The maximum absolute atomic E-state index is 5.46. The van der Waals surface area contributed by atoms with E-state index >= 15 is 0 Å². The van der Waals surface area contributed by atoms with E-state index in [4.69, 9.17) is 9.26 Å². The van der Waals surface area contributed by atoms with Crippen molar-refractivity contribution in [3.8, 4) is 0 Å². The standard InChI is InChI=1S/C16H29N3O2/c1-5-17-13(12-8-6-7-9-12)10-14-18-16(19-21-14)15(20-4)11(2)3/h11-13,15,17H,5-10H2,1-4H3. The molecule has 5 heteroatoms. The van der Waals surface area contributed by atoms with Crippen LogP contribution >= 0.6 is 0 Å². The van der Waals surface area contributed by atoms with Gasteiger partial charge in [-0.2, -0.15) is 4.98 Å². The Labute approximate surface area is 127 Å². The topological polar surface area (TPSA) is 60.2 Å². The Morgan fingerprint density at radius 3 is 2.62 bits per heavy atom. The molecule has 0 spiro atoms. The van der Waals surface area contributed by atoms with Crippen molar-refractivity contribution in [2.24, 2.45) is 11.8 Å². The van der Waals surface area contributed by atoms with Crippen LogP contribution in [0.3, 0.4) is 0 Å². The Morgan fingerprint density at radius 2 is 2.05 bits per heavy atom. The van der Waals surface area contributed by atoms with E-state index in [1.165, 1.54) is 25.7 Å². The van der Waals surface area contributed by atoms with Crippen LogP contribution in [-0.4, -0.2) is 29.8 Å². The minimum Gasteiger partial charge on any atom is -0.373 e. The molecule has 21 heavy (non-hydrogen) atoms. The molecule has 0 aromatic carbocycles. The summed E-state index contributed by atoms with van der Waals surface area (Å²) < 4.78 is 10.9. The van der Waals surface area contributed by atoms with Gasteiger partial charge in [-0.25, -0.2) is 0 Å². The van der Waals surface area contributed by atoms with Crippen LogP contribution in [0.4, 0.5) is 0 Å². The summed E-state index contributed by atoms with van der Waals surface area (Å²) in [5.41, 5.74) is 0. The number of nitrogens with one attached hydrogen (secondary N) is 1. The van der Waals surface area contributed by atoms with E-state index in [9.17, 15) is 0 Å². The van der Waals surface area contributed by atoms with Crippen LogP contribution < -0.4 is 5.32 Å². The van der Waals surface area contributed by atoms with Crippen LogP contribution in [0.2, 0.25) is 0 Å². The van der Waals surface area contributed by atoms with Crippen molar-refractivity contribution < 1.29 is 9.26 Å². The van der Waals surface area contributed by atoms with Crippen LogP contribution in [0.15, 0.2) is 4.52 Å². The van der Waals surface area contributed by atoms with E-state index in [2.05, 4.69) is 36.2 Å². The van der Waals surface area contributed by atoms with Gasteiger partial charge in [-0.05, 0) is 31.2 Å². The number of hydrogen-bond acceptors (Lipinski definition) is 5. The van der Waals surface area contributed by atoms with E-state index in [0.717, 1.165) is 24.8 Å². The van der Waals surface area contributed by atoms with Crippen molar-refractivity contribution in [3.05, 3.63) is 11.7 Å². The van der Waals surface area contributed by atoms with Crippen molar-refractivity contribution in [2.45, 2.75) is 65.0 Å². The van der Waals surface area contributed by atoms with Crippen molar-refractivity contribution in [1.29, 1.82) is 0 Å². The quantitative estimate of drug-likeness (QED) is 0.798. The van der Waals surface area contributed by atoms with Gasteiger partial charge in [0.2, 0.25) is 11.7 Å². The van der Waals surface area contributed by atoms with Crippen molar-refractivity contribution in [2.75, 3.05) is 13.7 Å². The summed E-state index contributed by atoms with van der Waals surface area (Å²) in [6, 6.07) is 0.450. The average molecular weight is 295 g/mol. The van der Waals surface area contributed by atoms with Crippen molar-refractivity contribution in [3.63, 3.8) is 0 Å². The first-order chi connectivity index (χ1) is 10.2. The van der Waals surface area contributed by atoms with E-state index in [1.54, 1.807) is 7.11 Å². The molecule has 1 heterocycles. The molecule has 2 atom stereocenters. The Hall–Kier alpha value is -0.940. The smallest absolute Gasteiger partial charge is 0.228 e. The number of methoxy groups -OCH3 is 1. The molecule has 5 nitrogen and oxygen atoms in total. The van der Waals surface area contributed by atoms with E-state index in [0.29, 0.717) is 17.8 Å². The second-order valence-corrected chi connectivity index (χ2v) is 6.36. The molecule has 2 rings (SSSR count). The van der Waals surface area contributed by atoms with Gasteiger partial charge in [0, 0.05) is 19.6 Å². The zero-order valence-electron chi connectivity index (χ0n) is 13.8. The van der Waals surface area contributed by atoms with E-state index in [1.807, 2.05) is 0 Å². The number of likely N-dealkylation sites (N-methyl/N-ethyl adjacent to an activating group) is 1. The Morgan fingerprint density at radius 1 is 1.33 bits per heavy atom. The van der Waals surface area contributed by atoms with Gasteiger partial charge in [0.25, 0.3) is 0 Å². The first-order valence-electron chi connectivity index (χ1n) is 8.24. The van der Waals surface area contributed by atoms with Crippen LogP contribution in [0, 0.1) is 11.8 Å². The molecule has 1 saturated carbocycles. The maximum atomic E-state index is 5.46. The second kappa shape index (κ2) is 7.90. The molecule has 1 N–H and O–H groups in total. The van der Waals surface area contributed by atoms with E-state index in [-0.39, 0.29) is 6.10 Å². The number of hydrogen-bond donors (Lipinski definition) is 1. The average Bonchev–Trinajstić information content (AvgIpc) is 3.10. The predicted molar refractivity (Wildman–Crippen MR) is 82.0 cm³/mol. The molecule has 120 valence electrons. The fraction of sp³-hybridized carbons (Fsp3) is 0.875. The monoisotopic (exact) mass is 295 g/mol. The first-order valence-corrected chi connectivity index (χ1v) is 8.24. The predicted octanol–water partition coefficient (Wildman–Crippen LogP) is 3.12. The van der Waals surface area contributed by atoms with Gasteiger partial charge in [-0.3, -0.25) is 0 Å². The van der Waals surface area contributed by atoms with E-state index < -0.39 is 0 Å². The molecule has 1 aromatic heterocycles. The molecule has 0 bridgehead atoms. The number of rotatable bonds is 8. The molecule has 1 aromatic rings. The molecular formula is C16H29N3O2. The summed E-state index contributed by atoms with van der Waals surface area (Å²) in [5, 5.41) is 7.70. The Kier molecular flexibility index (Phi) is 6.18. The third kappa shape index (κ3) is 4.27. The van der Waals surface area contributed by atoms with Gasteiger partial charge in [0.15, 0.2) is 0 Å². The minimum atomic E-state index is -0.0911. The van der Waals surface area contributed by atoms with Crippen LogP contribution in [-0.2, 0) is 11.2 Å². The van der Waals surface area contributed by atoms with Gasteiger partial charge in [-0.15, -0.1) is 0 Å². The van der Waals surface area contributed by atoms with Crippen molar-refractivity contribution in [1.82, 2.24) is 15.5 Å². The normalized spacial score (nSPS) is 19.3. The lowest BCUT2D eigenvalue weighted by atomic mass is 9.95. The number of ether oxygens (including phenoxy) is 1. The molecule has 2 unspecified atom stereocenters. The van der Waals surface area contributed by atoms with Gasteiger partial charge >= 0.3 is 0 Å².